The number of furan rings is 1. The monoisotopic (exact) mass is 456 g/mol. The fourth-order valence-electron chi connectivity index (χ4n) is 2.69. The van der Waals surface area contributed by atoms with Crippen LogP contribution in [0.15, 0.2) is 58.5 Å². The highest BCUT2D eigenvalue weighted by molar-refractivity contribution is 6.33. The van der Waals surface area contributed by atoms with Crippen molar-refractivity contribution in [3.63, 3.8) is 0 Å². The maximum Gasteiger partial charge on any atom is 0.337 e. The highest BCUT2D eigenvalue weighted by atomic mass is 35.5. The van der Waals surface area contributed by atoms with E-state index in [4.69, 9.17) is 37.5 Å². The van der Waals surface area contributed by atoms with Crippen LogP contribution in [0.5, 0.6) is 5.75 Å². The standard InChI is InChI=1S/C22H14Cl2N2O5/c1-30-20-6-3-14(23)10-18(20)26-21(27)13(11-25)8-15-4-7-19(31-15)12-2-5-16(22(28)29)17(24)9-12/h2-10H,1H3,(H,26,27)(H,28,29)/b13-8+. The number of carboxylic acids is 1. The highest BCUT2D eigenvalue weighted by Gasteiger charge is 2.15. The van der Waals surface area contributed by atoms with E-state index in [2.05, 4.69) is 5.32 Å². The fraction of sp³-hybridized carbons (Fsp3) is 0.0455. The van der Waals surface area contributed by atoms with Crippen molar-refractivity contribution in [2.75, 3.05) is 12.4 Å². The van der Waals surface area contributed by atoms with Gasteiger partial charge in [-0.05, 0) is 42.5 Å². The maximum absolute atomic E-state index is 12.5. The van der Waals surface area contributed by atoms with E-state index in [1.807, 2.05) is 6.07 Å². The van der Waals surface area contributed by atoms with Crippen LogP contribution in [0.4, 0.5) is 5.69 Å². The van der Waals surface area contributed by atoms with E-state index in [-0.39, 0.29) is 21.9 Å². The largest absolute Gasteiger partial charge is 0.495 e. The predicted octanol–water partition coefficient (Wildman–Crippen LogP) is 5.51. The number of aromatic carboxylic acids is 1. The number of methoxy groups -OCH3 is 1. The van der Waals surface area contributed by atoms with Crippen molar-refractivity contribution in [1.29, 1.82) is 5.26 Å². The zero-order valence-electron chi connectivity index (χ0n) is 16.0. The second kappa shape index (κ2) is 9.39. The van der Waals surface area contributed by atoms with E-state index in [0.29, 0.717) is 27.8 Å². The van der Waals surface area contributed by atoms with Gasteiger partial charge in [-0.3, -0.25) is 4.79 Å². The Hall–Kier alpha value is -3.73. The zero-order valence-corrected chi connectivity index (χ0v) is 17.5. The van der Waals surface area contributed by atoms with Gasteiger partial charge in [0.1, 0.15) is 28.9 Å². The molecule has 3 aromatic rings. The summed E-state index contributed by atoms with van der Waals surface area (Å²) in [6.07, 6.45) is 1.28. The molecule has 0 saturated carbocycles. The Morgan fingerprint density at radius 3 is 2.58 bits per heavy atom. The van der Waals surface area contributed by atoms with E-state index in [0.717, 1.165) is 0 Å². The molecule has 0 atom stereocenters. The molecule has 156 valence electrons. The topological polar surface area (TPSA) is 113 Å². The molecule has 0 aliphatic rings. The average molecular weight is 457 g/mol. The molecular weight excluding hydrogens is 443 g/mol. The van der Waals surface area contributed by atoms with Crippen LogP contribution < -0.4 is 10.1 Å². The number of carbonyl (C=O) groups is 2. The minimum atomic E-state index is -1.14. The summed E-state index contributed by atoms with van der Waals surface area (Å²) >= 11 is 11.9. The number of rotatable bonds is 6. The van der Waals surface area contributed by atoms with Crippen molar-refractivity contribution in [1.82, 2.24) is 0 Å². The summed E-state index contributed by atoms with van der Waals surface area (Å²) in [5.41, 5.74) is 0.620. The lowest BCUT2D eigenvalue weighted by molar-refractivity contribution is -0.112. The summed E-state index contributed by atoms with van der Waals surface area (Å²) in [5, 5.41) is 21.5. The number of hydrogen-bond donors (Lipinski definition) is 2. The van der Waals surface area contributed by atoms with E-state index < -0.39 is 11.9 Å². The fourth-order valence-corrected chi connectivity index (χ4v) is 3.12. The Morgan fingerprint density at radius 1 is 1.16 bits per heavy atom. The van der Waals surface area contributed by atoms with Crippen LogP contribution in [0.1, 0.15) is 16.1 Å². The van der Waals surface area contributed by atoms with Gasteiger partial charge in [-0.15, -0.1) is 0 Å². The molecule has 31 heavy (non-hydrogen) atoms. The van der Waals surface area contributed by atoms with E-state index in [9.17, 15) is 14.9 Å². The van der Waals surface area contributed by atoms with Crippen molar-refractivity contribution in [3.05, 3.63) is 75.5 Å². The van der Waals surface area contributed by atoms with E-state index >= 15 is 0 Å². The Bertz CT molecular complexity index is 1240. The number of amides is 1. The minimum Gasteiger partial charge on any atom is -0.495 e. The third-order valence-corrected chi connectivity index (χ3v) is 4.72. The molecule has 1 heterocycles. The maximum atomic E-state index is 12.5. The van der Waals surface area contributed by atoms with Crippen LogP contribution in [-0.2, 0) is 4.79 Å². The van der Waals surface area contributed by atoms with Crippen LogP contribution in [0.25, 0.3) is 17.4 Å². The van der Waals surface area contributed by atoms with Crippen molar-refractivity contribution < 1.29 is 23.8 Å². The molecule has 7 nitrogen and oxygen atoms in total. The van der Waals surface area contributed by atoms with Gasteiger partial charge in [-0.2, -0.15) is 5.26 Å². The highest BCUT2D eigenvalue weighted by Crippen LogP contribution is 2.29. The quantitative estimate of drug-likeness (QED) is 0.373. The van der Waals surface area contributed by atoms with Gasteiger partial charge < -0.3 is 19.6 Å². The van der Waals surface area contributed by atoms with Gasteiger partial charge in [-0.25, -0.2) is 4.79 Å². The minimum absolute atomic E-state index is 0.0306. The summed E-state index contributed by atoms with van der Waals surface area (Å²) in [4.78, 5) is 23.6. The number of halogens is 2. The van der Waals surface area contributed by atoms with Gasteiger partial charge in [0.2, 0.25) is 0 Å². The van der Waals surface area contributed by atoms with Gasteiger partial charge >= 0.3 is 5.97 Å². The number of hydrogen-bond acceptors (Lipinski definition) is 5. The van der Waals surface area contributed by atoms with Crippen molar-refractivity contribution in [2.24, 2.45) is 0 Å². The molecule has 1 amide bonds. The normalized spacial score (nSPS) is 11.0. The Balaban J connectivity index is 1.84. The lowest BCUT2D eigenvalue weighted by atomic mass is 10.1. The second-order valence-electron chi connectivity index (χ2n) is 6.17. The van der Waals surface area contributed by atoms with E-state index in [1.165, 1.54) is 31.4 Å². The number of anilines is 1. The SMILES string of the molecule is COc1ccc(Cl)cc1NC(=O)/C(C#N)=C/c1ccc(-c2ccc(C(=O)O)c(Cl)c2)o1. The predicted molar refractivity (Wildman–Crippen MR) is 116 cm³/mol. The van der Waals surface area contributed by atoms with Crippen molar-refractivity contribution >= 4 is 46.8 Å². The molecule has 9 heteroatoms. The zero-order chi connectivity index (χ0) is 22.5. The van der Waals surface area contributed by atoms with Gasteiger partial charge in [0.25, 0.3) is 5.91 Å². The summed E-state index contributed by atoms with van der Waals surface area (Å²) < 4.78 is 10.8. The Morgan fingerprint density at radius 2 is 1.94 bits per heavy atom. The van der Waals surface area contributed by atoms with Crippen LogP contribution >= 0.6 is 23.2 Å². The van der Waals surface area contributed by atoms with Crippen LogP contribution in [0.3, 0.4) is 0 Å². The molecule has 1 aromatic heterocycles. The van der Waals surface area contributed by atoms with Crippen molar-refractivity contribution in [3.8, 4) is 23.1 Å². The van der Waals surface area contributed by atoms with Gasteiger partial charge in [0.15, 0.2) is 0 Å². The average Bonchev–Trinajstić information content (AvgIpc) is 3.20. The third-order valence-electron chi connectivity index (χ3n) is 4.17. The van der Waals surface area contributed by atoms with Crippen molar-refractivity contribution in [2.45, 2.75) is 0 Å². The van der Waals surface area contributed by atoms with Gasteiger partial charge in [0, 0.05) is 16.7 Å². The first-order valence-electron chi connectivity index (χ1n) is 8.72. The third kappa shape index (κ3) is 5.07. The molecule has 0 fully saturated rings. The summed E-state index contributed by atoms with van der Waals surface area (Å²) in [6, 6.07) is 14.1. The molecule has 2 N–H and O–H groups in total. The smallest absolute Gasteiger partial charge is 0.337 e. The Labute approximate surface area is 187 Å². The van der Waals surface area contributed by atoms with Crippen LogP contribution in [0, 0.1) is 11.3 Å². The summed E-state index contributed by atoms with van der Waals surface area (Å²) in [6.45, 7) is 0. The number of carboxylic acid groups (broad SMARTS) is 1. The molecular formula is C22H14Cl2N2O5. The number of nitrogens with zero attached hydrogens (tertiary/aromatic N) is 1. The first kappa shape index (κ1) is 22.0. The molecule has 0 aliphatic heterocycles. The molecule has 0 radical (unpaired) electrons. The second-order valence-corrected chi connectivity index (χ2v) is 7.01. The first-order chi connectivity index (χ1) is 14.8. The molecule has 0 aliphatic carbocycles. The van der Waals surface area contributed by atoms with Gasteiger partial charge in [-0.1, -0.05) is 29.3 Å². The molecule has 0 bridgehead atoms. The molecule has 0 unspecified atom stereocenters. The summed E-state index contributed by atoms with van der Waals surface area (Å²) in [7, 11) is 1.44. The number of ether oxygens (including phenoxy) is 1. The molecule has 0 saturated heterocycles. The number of nitrogens with one attached hydrogen (secondary N) is 1. The number of carbonyl (C=O) groups excluding carboxylic acids is 1. The summed E-state index contributed by atoms with van der Waals surface area (Å²) in [5.74, 6) is -0.787. The molecule has 3 rings (SSSR count). The number of nitriles is 1. The van der Waals surface area contributed by atoms with Crippen LogP contribution in [0.2, 0.25) is 10.0 Å². The van der Waals surface area contributed by atoms with Gasteiger partial charge in [0.05, 0.1) is 23.4 Å². The Kier molecular flexibility index (Phi) is 6.65. The lowest BCUT2D eigenvalue weighted by Gasteiger charge is -2.09. The van der Waals surface area contributed by atoms with E-state index in [1.54, 1.807) is 30.3 Å². The first-order valence-corrected chi connectivity index (χ1v) is 9.47. The van der Waals surface area contributed by atoms with Crippen LogP contribution in [-0.4, -0.2) is 24.1 Å². The molecule has 0 spiro atoms. The number of benzene rings is 2. The lowest BCUT2D eigenvalue weighted by Crippen LogP contribution is -2.14. The molecule has 2 aromatic carbocycles.